The van der Waals surface area contributed by atoms with Crippen molar-refractivity contribution in [2.45, 2.75) is 6.42 Å². The number of carbonyl (C=O) groups excluding carboxylic acids is 1. The van der Waals surface area contributed by atoms with E-state index < -0.39 is 0 Å². The Kier molecular flexibility index (Phi) is 3.64. The third-order valence-electron chi connectivity index (χ3n) is 3.17. The van der Waals surface area contributed by atoms with Gasteiger partial charge in [-0.25, -0.2) is 0 Å². The molecule has 0 saturated carbocycles. The van der Waals surface area contributed by atoms with Gasteiger partial charge in [0.2, 0.25) is 5.91 Å². The molecule has 0 aliphatic carbocycles. The lowest BCUT2D eigenvalue weighted by Gasteiger charge is -2.19. The van der Waals surface area contributed by atoms with Crippen LogP contribution in [0.4, 0.5) is 11.4 Å². The van der Waals surface area contributed by atoms with Crippen LogP contribution in [0.3, 0.4) is 0 Å². The highest BCUT2D eigenvalue weighted by Crippen LogP contribution is 2.32. The summed E-state index contributed by atoms with van der Waals surface area (Å²) in [5, 5.41) is 2.85. The van der Waals surface area contributed by atoms with Crippen molar-refractivity contribution >= 4 is 17.3 Å². The molecule has 1 heterocycles. The monoisotopic (exact) mass is 284 g/mol. The number of carbonyl (C=O) groups is 1. The van der Waals surface area contributed by atoms with E-state index in [1.54, 1.807) is 30.3 Å². The first-order chi connectivity index (χ1) is 10.2. The fourth-order valence-electron chi connectivity index (χ4n) is 2.15. The van der Waals surface area contributed by atoms with Crippen molar-refractivity contribution in [3.8, 4) is 11.5 Å². The molecule has 0 unspecified atom stereocenters. The first-order valence-corrected chi connectivity index (χ1v) is 6.74. The van der Waals surface area contributed by atoms with E-state index in [2.05, 4.69) is 5.32 Å². The number of hydrogen-bond acceptors (Lipinski definition) is 4. The summed E-state index contributed by atoms with van der Waals surface area (Å²) in [6, 6.07) is 12.6. The van der Waals surface area contributed by atoms with Crippen molar-refractivity contribution in [2.75, 3.05) is 24.3 Å². The number of benzene rings is 2. The van der Waals surface area contributed by atoms with Crippen molar-refractivity contribution < 1.29 is 14.3 Å². The van der Waals surface area contributed by atoms with Crippen LogP contribution < -0.4 is 20.5 Å². The van der Waals surface area contributed by atoms with Gasteiger partial charge in [-0.3, -0.25) is 4.79 Å². The number of amides is 1. The van der Waals surface area contributed by atoms with Crippen molar-refractivity contribution in [2.24, 2.45) is 0 Å². The second-order valence-corrected chi connectivity index (χ2v) is 4.82. The standard InChI is InChI=1S/C16H16N2O3/c17-12-3-1-11(2-4-12)9-16(19)18-13-5-6-14-15(10-13)21-8-7-20-14/h1-6,10H,7-9,17H2,(H,18,19). The Balaban J connectivity index is 1.65. The van der Waals surface area contributed by atoms with Gasteiger partial charge in [0.25, 0.3) is 0 Å². The highest BCUT2D eigenvalue weighted by molar-refractivity contribution is 5.92. The predicted octanol–water partition coefficient (Wildman–Crippen LogP) is 2.22. The molecule has 108 valence electrons. The third kappa shape index (κ3) is 3.25. The van der Waals surface area contributed by atoms with E-state index in [0.29, 0.717) is 42.5 Å². The van der Waals surface area contributed by atoms with E-state index >= 15 is 0 Å². The Labute approximate surface area is 122 Å². The molecule has 0 atom stereocenters. The van der Waals surface area contributed by atoms with Crippen LogP contribution in [0.2, 0.25) is 0 Å². The Morgan fingerprint density at radius 2 is 1.76 bits per heavy atom. The number of rotatable bonds is 3. The number of nitrogens with one attached hydrogen (secondary N) is 1. The van der Waals surface area contributed by atoms with Gasteiger partial charge in [-0.2, -0.15) is 0 Å². The normalized spacial score (nSPS) is 12.8. The molecule has 0 bridgehead atoms. The molecule has 2 aromatic rings. The van der Waals surface area contributed by atoms with Gasteiger partial charge in [-0.1, -0.05) is 12.1 Å². The lowest BCUT2D eigenvalue weighted by Crippen LogP contribution is -2.17. The summed E-state index contributed by atoms with van der Waals surface area (Å²) in [6.45, 7) is 1.08. The van der Waals surface area contributed by atoms with Gasteiger partial charge in [0.15, 0.2) is 11.5 Å². The summed E-state index contributed by atoms with van der Waals surface area (Å²) in [5.41, 5.74) is 7.92. The van der Waals surface area contributed by atoms with Crippen LogP contribution in [0.5, 0.6) is 11.5 Å². The van der Waals surface area contributed by atoms with Crippen LogP contribution in [0.25, 0.3) is 0 Å². The lowest BCUT2D eigenvalue weighted by atomic mass is 10.1. The second-order valence-electron chi connectivity index (χ2n) is 4.82. The van der Waals surface area contributed by atoms with Gasteiger partial charge in [0.05, 0.1) is 6.42 Å². The second kappa shape index (κ2) is 5.75. The number of anilines is 2. The Hall–Kier alpha value is -2.69. The van der Waals surface area contributed by atoms with Crippen LogP contribution in [-0.2, 0) is 11.2 Å². The zero-order valence-electron chi connectivity index (χ0n) is 11.5. The molecule has 0 radical (unpaired) electrons. The Morgan fingerprint density at radius 1 is 1.05 bits per heavy atom. The van der Waals surface area contributed by atoms with E-state index in [-0.39, 0.29) is 5.91 Å². The number of ether oxygens (including phenoxy) is 2. The van der Waals surface area contributed by atoms with Crippen LogP contribution >= 0.6 is 0 Å². The first kappa shape index (κ1) is 13.3. The van der Waals surface area contributed by atoms with Crippen LogP contribution in [-0.4, -0.2) is 19.1 Å². The molecule has 3 rings (SSSR count). The summed E-state index contributed by atoms with van der Waals surface area (Å²) in [6.07, 6.45) is 0.300. The third-order valence-corrected chi connectivity index (χ3v) is 3.17. The number of nitrogen functional groups attached to an aromatic ring is 1. The molecule has 21 heavy (non-hydrogen) atoms. The molecule has 5 nitrogen and oxygen atoms in total. The molecule has 0 aromatic heterocycles. The smallest absolute Gasteiger partial charge is 0.228 e. The zero-order chi connectivity index (χ0) is 14.7. The van der Waals surface area contributed by atoms with E-state index in [1.807, 2.05) is 12.1 Å². The van der Waals surface area contributed by atoms with E-state index in [9.17, 15) is 4.79 Å². The minimum Gasteiger partial charge on any atom is -0.486 e. The highest BCUT2D eigenvalue weighted by atomic mass is 16.6. The number of nitrogens with two attached hydrogens (primary N) is 1. The van der Waals surface area contributed by atoms with Crippen molar-refractivity contribution in [1.82, 2.24) is 0 Å². The van der Waals surface area contributed by atoms with Gasteiger partial charge in [0.1, 0.15) is 13.2 Å². The molecule has 0 fully saturated rings. The summed E-state index contributed by atoms with van der Waals surface area (Å²) >= 11 is 0. The van der Waals surface area contributed by atoms with Crippen LogP contribution in [0.1, 0.15) is 5.56 Å². The quantitative estimate of drug-likeness (QED) is 0.848. The zero-order valence-corrected chi connectivity index (χ0v) is 11.5. The molecule has 2 aromatic carbocycles. The average molecular weight is 284 g/mol. The van der Waals surface area contributed by atoms with Crippen molar-refractivity contribution in [3.05, 3.63) is 48.0 Å². The minimum absolute atomic E-state index is 0.0866. The topological polar surface area (TPSA) is 73.6 Å². The van der Waals surface area contributed by atoms with Crippen LogP contribution in [0, 0.1) is 0 Å². The maximum Gasteiger partial charge on any atom is 0.228 e. The molecular formula is C16H16N2O3. The van der Waals surface area contributed by atoms with E-state index in [0.717, 1.165) is 5.56 Å². The average Bonchev–Trinajstić information content (AvgIpc) is 2.49. The highest BCUT2D eigenvalue weighted by Gasteiger charge is 2.12. The molecule has 5 heteroatoms. The largest absolute Gasteiger partial charge is 0.486 e. The van der Waals surface area contributed by atoms with Crippen LogP contribution in [0.15, 0.2) is 42.5 Å². The Morgan fingerprint density at radius 3 is 2.52 bits per heavy atom. The summed E-state index contributed by atoms with van der Waals surface area (Å²) in [7, 11) is 0. The predicted molar refractivity (Wildman–Crippen MR) is 80.6 cm³/mol. The molecule has 0 spiro atoms. The molecule has 1 aliphatic heterocycles. The molecule has 1 aliphatic rings. The fraction of sp³-hybridized carbons (Fsp3) is 0.188. The molecule has 3 N–H and O–H groups in total. The maximum absolute atomic E-state index is 12.0. The molecular weight excluding hydrogens is 268 g/mol. The Bertz CT molecular complexity index is 653. The summed E-state index contributed by atoms with van der Waals surface area (Å²) < 4.78 is 10.9. The molecule has 1 amide bonds. The number of hydrogen-bond donors (Lipinski definition) is 2. The van der Waals surface area contributed by atoms with Gasteiger partial charge < -0.3 is 20.5 Å². The van der Waals surface area contributed by atoms with Gasteiger partial charge in [-0.05, 0) is 29.8 Å². The summed E-state index contributed by atoms with van der Waals surface area (Å²) in [5.74, 6) is 1.28. The SMILES string of the molecule is Nc1ccc(CC(=O)Nc2ccc3c(c2)OCCO3)cc1. The lowest BCUT2D eigenvalue weighted by molar-refractivity contribution is -0.115. The van der Waals surface area contributed by atoms with E-state index in [1.165, 1.54) is 0 Å². The van der Waals surface area contributed by atoms with Gasteiger partial charge in [0, 0.05) is 17.4 Å². The maximum atomic E-state index is 12.0. The molecule has 0 saturated heterocycles. The minimum atomic E-state index is -0.0866. The number of fused-ring (bicyclic) bond motifs is 1. The van der Waals surface area contributed by atoms with Crippen molar-refractivity contribution in [3.63, 3.8) is 0 Å². The first-order valence-electron chi connectivity index (χ1n) is 6.74. The van der Waals surface area contributed by atoms with Crippen molar-refractivity contribution in [1.29, 1.82) is 0 Å². The van der Waals surface area contributed by atoms with Gasteiger partial charge >= 0.3 is 0 Å². The fourth-order valence-corrected chi connectivity index (χ4v) is 2.15. The van der Waals surface area contributed by atoms with Gasteiger partial charge in [-0.15, -0.1) is 0 Å². The van der Waals surface area contributed by atoms with E-state index in [4.69, 9.17) is 15.2 Å². The summed E-state index contributed by atoms with van der Waals surface area (Å²) in [4.78, 5) is 12.0.